The average molecular weight is 443 g/mol. The van der Waals surface area contributed by atoms with Crippen molar-refractivity contribution >= 4 is 50.3 Å². The van der Waals surface area contributed by atoms with Crippen LogP contribution >= 0.6 is 22.6 Å². The minimum absolute atomic E-state index is 0.361. The molecule has 1 radical (unpaired) electrons. The van der Waals surface area contributed by atoms with E-state index in [1.807, 2.05) is 28.8 Å². The van der Waals surface area contributed by atoms with Crippen molar-refractivity contribution in [3.8, 4) is 0 Å². The predicted octanol–water partition coefficient (Wildman–Crippen LogP) is 4.49. The summed E-state index contributed by atoms with van der Waals surface area (Å²) in [7, 11) is 0. The van der Waals surface area contributed by atoms with Crippen LogP contribution < -0.4 is 5.73 Å². The van der Waals surface area contributed by atoms with Gasteiger partial charge >= 0.3 is 0 Å². The summed E-state index contributed by atoms with van der Waals surface area (Å²) in [5, 5.41) is 1.42. The summed E-state index contributed by atoms with van der Waals surface area (Å²) in [6, 6.07) is 19.3. The third-order valence-electron chi connectivity index (χ3n) is 4.25. The fraction of sp³-hybridized carbons (Fsp3) is 0.0500. The number of carbonyl (C=O) groups excluding carboxylic acids is 1. The van der Waals surface area contributed by atoms with Crippen molar-refractivity contribution in [3.63, 3.8) is 0 Å². The summed E-state index contributed by atoms with van der Waals surface area (Å²) in [4.78, 5) is 11.9. The van der Waals surface area contributed by atoms with Gasteiger partial charge in [-0.15, -0.1) is 0 Å². The minimum Gasteiger partial charge on any atom is -0.366 e. The van der Waals surface area contributed by atoms with Gasteiger partial charge in [0.15, 0.2) is 0 Å². The van der Waals surface area contributed by atoms with Gasteiger partial charge in [-0.05, 0) is 70.6 Å². The molecule has 0 aliphatic rings. The summed E-state index contributed by atoms with van der Waals surface area (Å²) in [5.41, 5.74) is 8.60. The van der Waals surface area contributed by atoms with Crippen molar-refractivity contribution in [3.05, 3.63) is 81.2 Å². The van der Waals surface area contributed by atoms with E-state index in [9.17, 15) is 9.18 Å². The highest BCUT2D eigenvalue weighted by Gasteiger charge is 2.17. The summed E-state index contributed by atoms with van der Waals surface area (Å²) >= 11 is 2.27. The smallest absolute Gasteiger partial charge is 0.249 e. The number of hydrogen-bond acceptors (Lipinski definition) is 1. The molecule has 1 amide bonds. The standard InChI is InChI=1S/C20H13FIN2O/c21-13-7-8-15-18(10-13)24(11-12-3-1-4-14(22)9-12)17-6-2-5-16(19(15)17)20(23)25/h1-7,9-10H,11H2,(H2,23,25). The number of nitrogens with zero attached hydrogens (tertiary/aromatic N) is 1. The Morgan fingerprint density at radius 3 is 2.72 bits per heavy atom. The molecular formula is C20H13FIN2O. The molecule has 0 aliphatic heterocycles. The second kappa shape index (κ2) is 6.15. The second-order valence-corrected chi connectivity index (χ2v) is 7.10. The first-order valence-electron chi connectivity index (χ1n) is 7.71. The molecule has 4 aromatic rings. The molecule has 0 aliphatic carbocycles. The number of primary amides is 1. The van der Waals surface area contributed by atoms with Crippen LogP contribution in [0.5, 0.6) is 0 Å². The summed E-state index contributed by atoms with van der Waals surface area (Å²) in [6.45, 7) is 0.566. The average Bonchev–Trinajstić information content (AvgIpc) is 2.88. The predicted molar refractivity (Wildman–Crippen MR) is 105 cm³/mol. The van der Waals surface area contributed by atoms with E-state index in [1.54, 1.807) is 12.1 Å². The Hall–Kier alpha value is -2.41. The van der Waals surface area contributed by atoms with Crippen molar-refractivity contribution in [2.24, 2.45) is 5.73 Å². The summed E-state index contributed by atoms with van der Waals surface area (Å²) in [5.74, 6) is -0.864. The Balaban J connectivity index is 2.06. The molecule has 0 saturated heterocycles. The number of nitrogens with two attached hydrogens (primary N) is 1. The van der Waals surface area contributed by atoms with Gasteiger partial charge in [0, 0.05) is 26.5 Å². The fourth-order valence-electron chi connectivity index (χ4n) is 3.22. The third-order valence-corrected chi connectivity index (χ3v) is 4.93. The van der Waals surface area contributed by atoms with Crippen LogP contribution in [0.1, 0.15) is 15.9 Å². The summed E-state index contributed by atoms with van der Waals surface area (Å²) < 4.78 is 17.0. The van der Waals surface area contributed by atoms with Crippen LogP contribution in [-0.2, 0) is 6.54 Å². The Morgan fingerprint density at radius 2 is 1.96 bits per heavy atom. The lowest BCUT2D eigenvalue weighted by molar-refractivity contribution is 0.100. The number of amides is 1. The highest BCUT2D eigenvalue weighted by atomic mass is 127. The largest absolute Gasteiger partial charge is 0.366 e. The Kier molecular flexibility index (Phi) is 3.95. The van der Waals surface area contributed by atoms with Gasteiger partial charge in [0.25, 0.3) is 0 Å². The van der Waals surface area contributed by atoms with E-state index >= 15 is 0 Å². The highest BCUT2D eigenvalue weighted by Crippen LogP contribution is 2.32. The van der Waals surface area contributed by atoms with Crippen molar-refractivity contribution < 1.29 is 9.18 Å². The lowest BCUT2D eigenvalue weighted by Crippen LogP contribution is -2.11. The van der Waals surface area contributed by atoms with Gasteiger partial charge in [0.2, 0.25) is 5.91 Å². The van der Waals surface area contributed by atoms with Crippen LogP contribution in [0.3, 0.4) is 0 Å². The maximum atomic E-state index is 13.9. The first-order chi connectivity index (χ1) is 12.0. The van der Waals surface area contributed by atoms with Crippen LogP contribution in [0.25, 0.3) is 21.8 Å². The molecule has 0 atom stereocenters. The van der Waals surface area contributed by atoms with Crippen LogP contribution in [0.2, 0.25) is 0 Å². The first kappa shape index (κ1) is 16.1. The maximum Gasteiger partial charge on any atom is 0.249 e. The van der Waals surface area contributed by atoms with Crippen molar-refractivity contribution in [1.82, 2.24) is 4.57 Å². The molecule has 2 N–H and O–H groups in total. The van der Waals surface area contributed by atoms with E-state index in [2.05, 4.69) is 34.7 Å². The molecule has 123 valence electrons. The molecule has 5 heteroatoms. The van der Waals surface area contributed by atoms with Crippen LogP contribution in [0.4, 0.5) is 4.39 Å². The molecular weight excluding hydrogens is 430 g/mol. The lowest BCUT2D eigenvalue weighted by atomic mass is 10.1. The zero-order valence-electron chi connectivity index (χ0n) is 13.1. The number of aromatic nitrogens is 1. The van der Waals surface area contributed by atoms with Crippen LogP contribution in [0.15, 0.2) is 54.6 Å². The normalized spacial score (nSPS) is 11.3. The monoisotopic (exact) mass is 443 g/mol. The molecule has 1 aromatic heterocycles. The van der Waals surface area contributed by atoms with Crippen LogP contribution in [-0.4, -0.2) is 10.5 Å². The van der Waals surface area contributed by atoms with Gasteiger partial charge in [0.1, 0.15) is 5.82 Å². The molecule has 1 heterocycles. The SMILES string of the molecule is NC(=O)c1cccc2c1c1[c]cc(F)cc1n2Cc1cccc(I)c1. The van der Waals surface area contributed by atoms with Gasteiger partial charge < -0.3 is 10.3 Å². The number of carbonyl (C=O) groups is 1. The third kappa shape index (κ3) is 2.78. The highest BCUT2D eigenvalue weighted by molar-refractivity contribution is 14.1. The van der Waals surface area contributed by atoms with Gasteiger partial charge in [-0.3, -0.25) is 4.79 Å². The Labute approximate surface area is 157 Å². The molecule has 0 bridgehead atoms. The van der Waals surface area contributed by atoms with Gasteiger partial charge in [-0.25, -0.2) is 4.39 Å². The number of rotatable bonds is 3. The van der Waals surface area contributed by atoms with E-state index in [1.165, 1.54) is 12.1 Å². The molecule has 3 aromatic carbocycles. The number of benzene rings is 3. The summed E-state index contributed by atoms with van der Waals surface area (Å²) in [6.07, 6.45) is 0. The van der Waals surface area contributed by atoms with Crippen molar-refractivity contribution in [2.45, 2.75) is 6.54 Å². The zero-order chi connectivity index (χ0) is 17.6. The molecule has 4 rings (SSSR count). The van der Waals surface area contributed by atoms with Gasteiger partial charge in [-0.1, -0.05) is 18.2 Å². The number of fused-ring (bicyclic) bond motifs is 3. The zero-order valence-corrected chi connectivity index (χ0v) is 15.2. The number of hydrogen-bond donors (Lipinski definition) is 1. The Morgan fingerprint density at radius 1 is 1.16 bits per heavy atom. The van der Waals surface area contributed by atoms with Crippen molar-refractivity contribution in [1.29, 1.82) is 0 Å². The molecule has 0 spiro atoms. The minimum atomic E-state index is -0.503. The van der Waals surface area contributed by atoms with Gasteiger partial charge in [0.05, 0.1) is 11.0 Å². The number of halogens is 2. The topological polar surface area (TPSA) is 48.0 Å². The molecule has 0 saturated carbocycles. The maximum absolute atomic E-state index is 13.9. The van der Waals surface area contributed by atoms with Crippen LogP contribution in [0, 0.1) is 15.5 Å². The van der Waals surface area contributed by atoms with Crippen molar-refractivity contribution in [2.75, 3.05) is 0 Å². The van der Waals surface area contributed by atoms with E-state index in [0.29, 0.717) is 23.0 Å². The van der Waals surface area contributed by atoms with E-state index in [4.69, 9.17) is 5.73 Å². The quantitative estimate of drug-likeness (QED) is 0.467. The first-order valence-corrected chi connectivity index (χ1v) is 8.79. The Bertz CT molecular complexity index is 1130. The molecule has 3 nitrogen and oxygen atoms in total. The van der Waals surface area contributed by atoms with E-state index in [0.717, 1.165) is 20.0 Å². The molecule has 25 heavy (non-hydrogen) atoms. The fourth-order valence-corrected chi connectivity index (χ4v) is 3.83. The van der Waals surface area contributed by atoms with Gasteiger partial charge in [-0.2, -0.15) is 0 Å². The molecule has 0 fully saturated rings. The molecule has 0 unspecified atom stereocenters. The second-order valence-electron chi connectivity index (χ2n) is 5.86. The van der Waals surface area contributed by atoms with E-state index < -0.39 is 5.91 Å². The van der Waals surface area contributed by atoms with E-state index in [-0.39, 0.29) is 5.82 Å². The lowest BCUT2D eigenvalue weighted by Gasteiger charge is -2.08.